The Morgan fingerprint density at radius 3 is 0.906 bits per heavy atom. The van der Waals surface area contributed by atoms with Crippen molar-refractivity contribution in [1.82, 2.24) is 0 Å². The molecule has 161 valence electrons. The molecule has 0 spiro atoms. The first-order chi connectivity index (χ1) is 15.5. The molecule has 2 heteroatoms. The van der Waals surface area contributed by atoms with E-state index in [0.29, 0.717) is 22.3 Å². The van der Waals surface area contributed by atoms with Gasteiger partial charge in [-0.3, -0.25) is 0 Å². The molecule has 1 radical (unpaired) electrons. The van der Waals surface area contributed by atoms with Gasteiger partial charge in [0.2, 0.25) is 0 Å². The Hall–Kier alpha value is -3.20. The van der Waals surface area contributed by atoms with Crippen LogP contribution in [0.5, 0.6) is 0 Å². The van der Waals surface area contributed by atoms with Gasteiger partial charge in [-0.2, -0.15) is 0 Å². The quantitative estimate of drug-likeness (QED) is 0.379. The molecule has 0 amide bonds. The van der Waals surface area contributed by atoms with Gasteiger partial charge in [0.1, 0.15) is 11.2 Å². The van der Waals surface area contributed by atoms with E-state index < -0.39 is 16.6 Å². The van der Waals surface area contributed by atoms with Crippen LogP contribution in [0.1, 0.15) is 35.6 Å². The maximum atomic E-state index is 12.7. The second-order valence-electron chi connectivity index (χ2n) is 8.47. The van der Waals surface area contributed by atoms with Crippen LogP contribution in [0.15, 0.2) is 121 Å². The van der Waals surface area contributed by atoms with Crippen LogP contribution < -0.4 is 0 Å². The third-order valence-corrected chi connectivity index (χ3v) is 6.86. The van der Waals surface area contributed by atoms with Gasteiger partial charge in [-0.05, 0) is 28.7 Å². The molecule has 2 N–H and O–H groups in total. The average molecular weight is 422 g/mol. The van der Waals surface area contributed by atoms with E-state index in [2.05, 4.69) is 6.92 Å². The van der Waals surface area contributed by atoms with Gasteiger partial charge in [-0.1, -0.05) is 135 Å². The third-order valence-electron chi connectivity index (χ3n) is 6.86. The molecule has 0 unspecified atom stereocenters. The zero-order chi connectivity index (χ0) is 22.7. The highest BCUT2D eigenvalue weighted by Crippen LogP contribution is 2.59. The first-order valence-corrected chi connectivity index (χ1v) is 10.9. The smallest absolute Gasteiger partial charge is 0.123 e. The molecule has 4 aromatic rings. The van der Waals surface area contributed by atoms with Crippen molar-refractivity contribution in [2.45, 2.75) is 24.5 Å². The fourth-order valence-electron chi connectivity index (χ4n) is 4.95. The van der Waals surface area contributed by atoms with E-state index in [0.717, 1.165) is 0 Å². The molecule has 0 saturated carbocycles. The Bertz CT molecular complexity index is 955. The van der Waals surface area contributed by atoms with Gasteiger partial charge in [0, 0.05) is 5.41 Å². The van der Waals surface area contributed by atoms with Gasteiger partial charge >= 0.3 is 0 Å². The molecule has 2 nitrogen and oxygen atoms in total. The van der Waals surface area contributed by atoms with Gasteiger partial charge in [-0.15, -0.1) is 0 Å². The first kappa shape index (κ1) is 22.0. The topological polar surface area (TPSA) is 40.5 Å². The van der Waals surface area contributed by atoms with E-state index in [1.807, 2.05) is 128 Å². The van der Waals surface area contributed by atoms with Crippen LogP contribution in [-0.2, 0) is 11.2 Å². The van der Waals surface area contributed by atoms with Crippen molar-refractivity contribution in [1.29, 1.82) is 0 Å². The van der Waals surface area contributed by atoms with E-state index in [9.17, 15) is 10.2 Å². The van der Waals surface area contributed by atoms with Crippen molar-refractivity contribution in [2.24, 2.45) is 5.41 Å². The van der Waals surface area contributed by atoms with E-state index in [1.54, 1.807) is 0 Å². The average Bonchev–Trinajstić information content (AvgIpc) is 2.89. The fourth-order valence-corrected chi connectivity index (χ4v) is 4.95. The van der Waals surface area contributed by atoms with Crippen LogP contribution in [0, 0.1) is 12.3 Å². The normalized spacial score (nSPS) is 12.5. The van der Waals surface area contributed by atoms with E-state index in [-0.39, 0.29) is 6.42 Å². The molecular formula is C30H29O2. The highest BCUT2D eigenvalue weighted by Gasteiger charge is 2.61. The molecule has 0 atom stereocenters. The van der Waals surface area contributed by atoms with Crippen LogP contribution in [0.25, 0.3) is 0 Å². The summed E-state index contributed by atoms with van der Waals surface area (Å²) in [5.74, 6) is 0. The molecule has 32 heavy (non-hydrogen) atoms. The summed E-state index contributed by atoms with van der Waals surface area (Å²) in [7, 11) is 0. The Labute approximate surface area is 190 Å². The molecule has 0 saturated heterocycles. The van der Waals surface area contributed by atoms with Gasteiger partial charge in [0.25, 0.3) is 0 Å². The first-order valence-electron chi connectivity index (χ1n) is 10.9. The summed E-state index contributed by atoms with van der Waals surface area (Å²) in [6.45, 7) is 6.20. The van der Waals surface area contributed by atoms with Crippen molar-refractivity contribution in [3.05, 3.63) is 151 Å². The van der Waals surface area contributed by atoms with Crippen molar-refractivity contribution in [2.75, 3.05) is 0 Å². The minimum atomic E-state index is -1.53. The Morgan fingerprint density at radius 1 is 0.500 bits per heavy atom. The number of hydrogen-bond acceptors (Lipinski definition) is 2. The highest BCUT2D eigenvalue weighted by atomic mass is 16.3. The lowest BCUT2D eigenvalue weighted by atomic mass is 9.53. The number of benzene rings is 4. The fraction of sp³-hybridized carbons (Fsp3) is 0.167. The van der Waals surface area contributed by atoms with Gasteiger partial charge in [0.05, 0.1) is 0 Å². The van der Waals surface area contributed by atoms with Crippen LogP contribution in [0.3, 0.4) is 0 Å². The second-order valence-corrected chi connectivity index (χ2v) is 8.47. The largest absolute Gasteiger partial charge is 0.380 e. The lowest BCUT2D eigenvalue weighted by molar-refractivity contribution is -0.161. The highest BCUT2D eigenvalue weighted by molar-refractivity contribution is 5.47. The van der Waals surface area contributed by atoms with Gasteiger partial charge in [-0.25, -0.2) is 0 Å². The van der Waals surface area contributed by atoms with Crippen molar-refractivity contribution in [3.8, 4) is 0 Å². The van der Waals surface area contributed by atoms with E-state index >= 15 is 0 Å². The monoisotopic (exact) mass is 421 g/mol. The third kappa shape index (κ3) is 3.28. The molecule has 0 aliphatic rings. The predicted octanol–water partition coefficient (Wildman–Crippen LogP) is 6.09. The summed E-state index contributed by atoms with van der Waals surface area (Å²) in [5.41, 5.74) is -1.35. The van der Waals surface area contributed by atoms with E-state index in [1.165, 1.54) is 0 Å². The maximum absolute atomic E-state index is 12.7. The van der Waals surface area contributed by atoms with Gasteiger partial charge in [0.15, 0.2) is 0 Å². The molecule has 0 aliphatic heterocycles. The second kappa shape index (κ2) is 8.74. The zero-order valence-electron chi connectivity index (χ0n) is 18.4. The van der Waals surface area contributed by atoms with E-state index in [4.69, 9.17) is 0 Å². The summed E-state index contributed by atoms with van der Waals surface area (Å²) in [5, 5.41) is 25.5. The molecule has 4 aromatic carbocycles. The minimum absolute atomic E-state index is 0.271. The summed E-state index contributed by atoms with van der Waals surface area (Å²) in [4.78, 5) is 0. The van der Waals surface area contributed by atoms with Crippen LogP contribution in [-0.4, -0.2) is 10.2 Å². The molecule has 0 heterocycles. The van der Waals surface area contributed by atoms with Crippen molar-refractivity contribution >= 4 is 0 Å². The minimum Gasteiger partial charge on any atom is -0.380 e. The summed E-state index contributed by atoms with van der Waals surface area (Å²) < 4.78 is 0. The molecule has 0 bridgehead atoms. The number of aliphatic hydroxyl groups is 2. The molecule has 0 aromatic heterocycles. The SMILES string of the molecule is [CH2]CC(C)(C(O)(c1ccccc1)c1ccccc1)C(O)(c1ccccc1)c1ccccc1. The molecular weight excluding hydrogens is 392 g/mol. The lowest BCUT2D eigenvalue weighted by Crippen LogP contribution is -2.58. The van der Waals surface area contributed by atoms with Crippen molar-refractivity contribution < 1.29 is 10.2 Å². The standard InChI is InChI=1S/C30H29O2/c1-3-28(2,29(31,24-16-8-4-9-17-24)25-18-10-5-11-19-25)30(32,26-20-12-6-13-21-26)27-22-14-7-15-23-27/h4-23,31-32H,1,3H2,2H3. The summed E-state index contributed by atoms with van der Waals surface area (Å²) in [6, 6.07) is 38.3. The number of hydrogen-bond donors (Lipinski definition) is 2. The number of rotatable bonds is 7. The summed E-state index contributed by atoms with van der Waals surface area (Å²) in [6.07, 6.45) is 0.271. The molecule has 0 fully saturated rings. The van der Waals surface area contributed by atoms with Crippen LogP contribution in [0.4, 0.5) is 0 Å². The Balaban J connectivity index is 2.09. The predicted molar refractivity (Wildman–Crippen MR) is 130 cm³/mol. The van der Waals surface area contributed by atoms with Crippen LogP contribution >= 0.6 is 0 Å². The van der Waals surface area contributed by atoms with Crippen LogP contribution in [0.2, 0.25) is 0 Å². The van der Waals surface area contributed by atoms with Gasteiger partial charge < -0.3 is 10.2 Å². The molecule has 0 aliphatic carbocycles. The summed E-state index contributed by atoms with van der Waals surface area (Å²) >= 11 is 0. The van der Waals surface area contributed by atoms with Crippen molar-refractivity contribution in [3.63, 3.8) is 0 Å². The zero-order valence-corrected chi connectivity index (χ0v) is 18.4. The Kier molecular flexibility index (Phi) is 6.01. The Morgan fingerprint density at radius 2 is 0.719 bits per heavy atom. The maximum Gasteiger partial charge on any atom is 0.123 e. The lowest BCUT2D eigenvalue weighted by Gasteiger charge is -2.55. The molecule has 4 rings (SSSR count).